The summed E-state index contributed by atoms with van der Waals surface area (Å²) in [6.07, 6.45) is 2.20. The van der Waals surface area contributed by atoms with Crippen molar-refractivity contribution < 1.29 is 9.90 Å². The van der Waals surface area contributed by atoms with Crippen LogP contribution in [0, 0.1) is 0 Å². The van der Waals surface area contributed by atoms with Crippen LogP contribution in [0.5, 0.6) is 0 Å². The molecule has 4 heteroatoms. The highest BCUT2D eigenvalue weighted by Gasteiger charge is 2.38. The maximum Gasteiger partial charge on any atom is 0.325 e. The number of hydrogen-bond acceptors (Lipinski definition) is 3. The molecule has 1 atom stereocenters. The zero-order chi connectivity index (χ0) is 13.9. The van der Waals surface area contributed by atoms with Crippen molar-refractivity contribution in [3.8, 4) is 0 Å². The highest BCUT2D eigenvalue weighted by molar-refractivity contribution is 7.07. The van der Waals surface area contributed by atoms with Crippen molar-refractivity contribution in [2.75, 3.05) is 0 Å². The lowest BCUT2D eigenvalue weighted by molar-refractivity contribution is -0.144. The van der Waals surface area contributed by atoms with E-state index in [-0.39, 0.29) is 0 Å². The summed E-state index contributed by atoms with van der Waals surface area (Å²) in [4.78, 5) is 13.9. The van der Waals surface area contributed by atoms with E-state index in [0.717, 1.165) is 18.4 Å². The lowest BCUT2D eigenvalue weighted by Gasteiger charge is -2.29. The number of benzene rings is 1. The van der Waals surface area contributed by atoms with E-state index in [1.54, 1.807) is 11.3 Å². The Balaban J connectivity index is 1.88. The fourth-order valence-electron chi connectivity index (χ4n) is 2.54. The van der Waals surface area contributed by atoms with Gasteiger partial charge in [0.15, 0.2) is 0 Å². The molecule has 1 fully saturated rings. The first kappa shape index (κ1) is 13.3. The van der Waals surface area contributed by atoms with Gasteiger partial charge in [-0.3, -0.25) is 9.69 Å². The van der Waals surface area contributed by atoms with Crippen molar-refractivity contribution in [2.24, 2.45) is 0 Å². The second kappa shape index (κ2) is 5.77. The third-order valence-electron chi connectivity index (χ3n) is 3.64. The van der Waals surface area contributed by atoms with E-state index in [2.05, 4.69) is 16.3 Å². The summed E-state index contributed by atoms with van der Waals surface area (Å²) in [5.74, 6) is -0.765. The predicted molar refractivity (Wildman–Crippen MR) is 79.7 cm³/mol. The molecule has 1 aromatic heterocycles. The highest BCUT2D eigenvalue weighted by atomic mass is 32.1. The quantitative estimate of drug-likeness (QED) is 0.883. The maximum absolute atomic E-state index is 11.8. The molecule has 1 heterocycles. The first-order valence-electron chi connectivity index (χ1n) is 6.80. The van der Waals surface area contributed by atoms with Gasteiger partial charge in [-0.2, -0.15) is 11.3 Å². The summed E-state index contributed by atoms with van der Waals surface area (Å²) < 4.78 is 0. The number of nitrogens with zero attached hydrogens (tertiary/aromatic N) is 1. The van der Waals surface area contributed by atoms with Crippen LogP contribution in [0.1, 0.15) is 30.0 Å². The number of carbonyl (C=O) groups is 1. The smallest absolute Gasteiger partial charge is 0.325 e. The molecule has 1 aromatic carbocycles. The van der Waals surface area contributed by atoms with E-state index >= 15 is 0 Å². The predicted octanol–water partition coefficient (Wildman–Crippen LogP) is 3.54. The minimum absolute atomic E-state index is 0.399. The summed E-state index contributed by atoms with van der Waals surface area (Å²) in [6, 6.07) is 11.5. The number of carboxylic acid groups (broad SMARTS) is 1. The Bertz CT molecular complexity index is 563. The third kappa shape index (κ3) is 2.92. The summed E-state index contributed by atoms with van der Waals surface area (Å²) in [5, 5.41) is 13.8. The standard InChI is InChI=1S/C16H17NO2S/c18-16(19)15(13-4-2-1-3-5-13)17(14-6-7-14)10-12-8-9-20-11-12/h1-5,8-9,11,14-15H,6-7,10H2,(H,18,19). The summed E-state index contributed by atoms with van der Waals surface area (Å²) in [7, 11) is 0. The van der Waals surface area contributed by atoms with Gasteiger partial charge >= 0.3 is 5.97 Å². The number of aliphatic carboxylic acids is 1. The molecule has 1 aliphatic carbocycles. The fourth-order valence-corrected chi connectivity index (χ4v) is 3.20. The highest BCUT2D eigenvalue weighted by Crippen LogP contribution is 2.36. The lowest BCUT2D eigenvalue weighted by Crippen LogP contribution is -2.35. The van der Waals surface area contributed by atoms with E-state index in [1.807, 2.05) is 35.7 Å². The number of rotatable bonds is 6. The lowest BCUT2D eigenvalue weighted by atomic mass is 10.0. The van der Waals surface area contributed by atoms with E-state index in [1.165, 1.54) is 5.56 Å². The van der Waals surface area contributed by atoms with Crippen LogP contribution in [0.3, 0.4) is 0 Å². The zero-order valence-electron chi connectivity index (χ0n) is 11.1. The van der Waals surface area contributed by atoms with Gasteiger partial charge in [0.1, 0.15) is 6.04 Å². The molecule has 104 valence electrons. The van der Waals surface area contributed by atoms with Crippen LogP contribution in [-0.4, -0.2) is 22.0 Å². The molecule has 1 saturated carbocycles. The molecule has 1 aliphatic rings. The molecule has 0 spiro atoms. The van der Waals surface area contributed by atoms with Crippen LogP contribution in [-0.2, 0) is 11.3 Å². The molecule has 0 radical (unpaired) electrons. The van der Waals surface area contributed by atoms with E-state index < -0.39 is 12.0 Å². The van der Waals surface area contributed by atoms with Gasteiger partial charge in [-0.25, -0.2) is 0 Å². The topological polar surface area (TPSA) is 40.5 Å². The normalized spacial score (nSPS) is 16.2. The number of carboxylic acids is 1. The van der Waals surface area contributed by atoms with Crippen LogP contribution in [0.4, 0.5) is 0 Å². The average molecular weight is 287 g/mol. The molecule has 3 rings (SSSR count). The fraction of sp³-hybridized carbons (Fsp3) is 0.312. The largest absolute Gasteiger partial charge is 0.480 e. The SMILES string of the molecule is O=C(O)C(c1ccccc1)N(Cc1ccsc1)C1CC1. The van der Waals surface area contributed by atoms with Gasteiger partial charge in [0.05, 0.1) is 0 Å². The maximum atomic E-state index is 11.8. The molecule has 0 amide bonds. The van der Waals surface area contributed by atoms with E-state index in [9.17, 15) is 9.90 Å². The Kier molecular flexibility index (Phi) is 3.85. The monoisotopic (exact) mass is 287 g/mol. The van der Waals surface area contributed by atoms with Crippen LogP contribution >= 0.6 is 11.3 Å². The molecule has 1 unspecified atom stereocenters. The van der Waals surface area contributed by atoms with E-state index in [4.69, 9.17) is 0 Å². The summed E-state index contributed by atoms with van der Waals surface area (Å²) in [6.45, 7) is 0.708. The van der Waals surface area contributed by atoms with Gasteiger partial charge in [0.2, 0.25) is 0 Å². The van der Waals surface area contributed by atoms with Gasteiger partial charge in [0, 0.05) is 12.6 Å². The molecule has 0 bridgehead atoms. The zero-order valence-corrected chi connectivity index (χ0v) is 11.9. The Hall–Kier alpha value is -1.65. The van der Waals surface area contributed by atoms with Crippen LogP contribution in [0.25, 0.3) is 0 Å². The second-order valence-electron chi connectivity index (χ2n) is 5.19. The van der Waals surface area contributed by atoms with E-state index in [0.29, 0.717) is 12.6 Å². The molecule has 20 heavy (non-hydrogen) atoms. The Morgan fingerprint density at radius 1 is 1.30 bits per heavy atom. The van der Waals surface area contributed by atoms with Gasteiger partial charge in [0.25, 0.3) is 0 Å². The molecule has 0 aliphatic heterocycles. The van der Waals surface area contributed by atoms with Crippen molar-refractivity contribution >= 4 is 17.3 Å². The first-order chi connectivity index (χ1) is 9.75. The van der Waals surface area contributed by atoms with Gasteiger partial charge in [-0.15, -0.1) is 0 Å². The van der Waals surface area contributed by atoms with Crippen molar-refractivity contribution in [1.29, 1.82) is 0 Å². The second-order valence-corrected chi connectivity index (χ2v) is 5.97. The summed E-state index contributed by atoms with van der Waals surface area (Å²) in [5.41, 5.74) is 2.06. The van der Waals surface area contributed by atoms with Crippen molar-refractivity contribution in [3.63, 3.8) is 0 Å². The molecule has 1 N–H and O–H groups in total. The van der Waals surface area contributed by atoms with Gasteiger partial charge in [-0.1, -0.05) is 30.3 Å². The summed E-state index contributed by atoms with van der Waals surface area (Å²) >= 11 is 1.66. The van der Waals surface area contributed by atoms with Gasteiger partial charge < -0.3 is 5.11 Å². The van der Waals surface area contributed by atoms with Gasteiger partial charge in [-0.05, 0) is 40.8 Å². The Labute approximate surface area is 122 Å². The first-order valence-corrected chi connectivity index (χ1v) is 7.74. The minimum atomic E-state index is -0.765. The Morgan fingerprint density at radius 2 is 2.05 bits per heavy atom. The Morgan fingerprint density at radius 3 is 2.60 bits per heavy atom. The van der Waals surface area contributed by atoms with Crippen LogP contribution < -0.4 is 0 Å². The molecule has 3 nitrogen and oxygen atoms in total. The minimum Gasteiger partial charge on any atom is -0.480 e. The van der Waals surface area contributed by atoms with Crippen LogP contribution in [0.2, 0.25) is 0 Å². The van der Waals surface area contributed by atoms with Crippen molar-refractivity contribution in [2.45, 2.75) is 31.5 Å². The number of hydrogen-bond donors (Lipinski definition) is 1. The number of thiophene rings is 1. The van der Waals surface area contributed by atoms with Crippen LogP contribution in [0.15, 0.2) is 47.2 Å². The average Bonchev–Trinajstić information content (AvgIpc) is 3.17. The molecular formula is C16H17NO2S. The molecule has 2 aromatic rings. The molecule has 0 saturated heterocycles. The molecular weight excluding hydrogens is 270 g/mol. The van der Waals surface area contributed by atoms with Crippen molar-refractivity contribution in [1.82, 2.24) is 4.90 Å². The third-order valence-corrected chi connectivity index (χ3v) is 4.37. The van der Waals surface area contributed by atoms with Crippen molar-refractivity contribution in [3.05, 3.63) is 58.3 Å².